The van der Waals surface area contributed by atoms with Crippen molar-refractivity contribution in [1.29, 1.82) is 0 Å². The van der Waals surface area contributed by atoms with E-state index in [-0.39, 0.29) is 5.91 Å². The number of carbonyl (C=O) groups is 1. The Kier molecular flexibility index (Phi) is 5.49. The van der Waals surface area contributed by atoms with Crippen LogP contribution in [0.1, 0.15) is 15.9 Å². The number of rotatable bonds is 6. The molecule has 0 fully saturated rings. The molecule has 3 aromatic rings. The Bertz CT molecular complexity index is 862. The monoisotopic (exact) mass is 347 g/mol. The Morgan fingerprint density at radius 3 is 2.58 bits per heavy atom. The van der Waals surface area contributed by atoms with Crippen LogP contribution in [0.5, 0.6) is 5.75 Å². The second-order valence-corrected chi connectivity index (χ2v) is 6.07. The van der Waals surface area contributed by atoms with Crippen molar-refractivity contribution >= 4 is 17.3 Å². The SMILES string of the molecule is CN(C)c1ccc(C(=O)Nc2cccc(OCc3cccnc3)c2)cc1. The minimum absolute atomic E-state index is 0.153. The summed E-state index contributed by atoms with van der Waals surface area (Å²) in [5, 5.41) is 2.90. The lowest BCUT2D eigenvalue weighted by Crippen LogP contribution is -2.13. The molecule has 1 heterocycles. The summed E-state index contributed by atoms with van der Waals surface area (Å²) in [5.74, 6) is 0.536. The average Bonchev–Trinajstić information content (AvgIpc) is 2.67. The molecule has 0 aliphatic rings. The summed E-state index contributed by atoms with van der Waals surface area (Å²) in [7, 11) is 3.93. The van der Waals surface area contributed by atoms with Gasteiger partial charge in [-0.3, -0.25) is 9.78 Å². The van der Waals surface area contributed by atoms with Gasteiger partial charge in [0, 0.05) is 55.1 Å². The van der Waals surface area contributed by atoms with Crippen molar-refractivity contribution in [2.75, 3.05) is 24.3 Å². The van der Waals surface area contributed by atoms with Crippen LogP contribution in [-0.4, -0.2) is 25.0 Å². The maximum Gasteiger partial charge on any atom is 0.255 e. The molecule has 1 aromatic heterocycles. The quantitative estimate of drug-likeness (QED) is 0.733. The average molecular weight is 347 g/mol. The van der Waals surface area contributed by atoms with E-state index in [1.807, 2.05) is 79.7 Å². The molecule has 0 spiro atoms. The third-order valence-corrected chi connectivity index (χ3v) is 3.87. The van der Waals surface area contributed by atoms with Gasteiger partial charge in [0.25, 0.3) is 5.91 Å². The Hall–Kier alpha value is -3.34. The first-order valence-electron chi connectivity index (χ1n) is 8.32. The van der Waals surface area contributed by atoms with E-state index in [1.165, 1.54) is 0 Å². The van der Waals surface area contributed by atoms with Crippen molar-refractivity contribution in [3.05, 3.63) is 84.2 Å². The van der Waals surface area contributed by atoms with E-state index >= 15 is 0 Å². The Balaban J connectivity index is 1.63. The van der Waals surface area contributed by atoms with Gasteiger partial charge in [-0.15, -0.1) is 0 Å². The van der Waals surface area contributed by atoms with E-state index in [2.05, 4.69) is 10.3 Å². The van der Waals surface area contributed by atoms with Gasteiger partial charge < -0.3 is 15.0 Å². The number of benzene rings is 2. The van der Waals surface area contributed by atoms with Crippen LogP contribution in [0, 0.1) is 0 Å². The first kappa shape index (κ1) is 17.5. The lowest BCUT2D eigenvalue weighted by atomic mass is 10.2. The molecule has 0 aliphatic carbocycles. The zero-order valence-corrected chi connectivity index (χ0v) is 14.8. The smallest absolute Gasteiger partial charge is 0.255 e. The van der Waals surface area contributed by atoms with Gasteiger partial charge in [0.2, 0.25) is 0 Å². The Morgan fingerprint density at radius 2 is 1.88 bits per heavy atom. The van der Waals surface area contributed by atoms with E-state index in [0.717, 1.165) is 11.3 Å². The van der Waals surface area contributed by atoms with Crippen LogP contribution in [0.25, 0.3) is 0 Å². The van der Waals surface area contributed by atoms with Gasteiger partial charge in [0.15, 0.2) is 0 Å². The van der Waals surface area contributed by atoms with E-state index in [0.29, 0.717) is 23.6 Å². The second kappa shape index (κ2) is 8.16. The zero-order chi connectivity index (χ0) is 18.4. The second-order valence-electron chi connectivity index (χ2n) is 6.07. The molecule has 5 nitrogen and oxygen atoms in total. The molecule has 26 heavy (non-hydrogen) atoms. The van der Waals surface area contributed by atoms with Crippen LogP contribution in [0.4, 0.5) is 11.4 Å². The summed E-state index contributed by atoms with van der Waals surface area (Å²) < 4.78 is 5.77. The molecule has 1 N–H and O–H groups in total. The normalized spacial score (nSPS) is 10.2. The molecule has 5 heteroatoms. The van der Waals surface area contributed by atoms with Gasteiger partial charge in [0.1, 0.15) is 12.4 Å². The number of carbonyl (C=O) groups excluding carboxylic acids is 1. The number of ether oxygens (including phenoxy) is 1. The fraction of sp³-hybridized carbons (Fsp3) is 0.143. The standard InChI is InChI=1S/C21H21N3O2/c1-24(2)19-10-8-17(9-11-19)21(25)23-18-6-3-7-20(13-18)26-15-16-5-4-12-22-14-16/h3-14H,15H2,1-2H3,(H,23,25). The van der Waals surface area contributed by atoms with Crippen molar-refractivity contribution in [1.82, 2.24) is 4.98 Å². The number of hydrogen-bond donors (Lipinski definition) is 1. The number of nitrogens with zero attached hydrogens (tertiary/aromatic N) is 2. The molecule has 1 amide bonds. The molecule has 132 valence electrons. The summed E-state index contributed by atoms with van der Waals surface area (Å²) in [6.07, 6.45) is 3.49. The maximum atomic E-state index is 12.4. The number of amides is 1. The van der Waals surface area contributed by atoms with Crippen molar-refractivity contribution in [2.45, 2.75) is 6.61 Å². The third-order valence-electron chi connectivity index (χ3n) is 3.87. The molecule has 0 saturated heterocycles. The fourth-order valence-corrected chi connectivity index (χ4v) is 2.43. The molecule has 2 aromatic carbocycles. The maximum absolute atomic E-state index is 12.4. The molecule has 0 bridgehead atoms. The first-order valence-corrected chi connectivity index (χ1v) is 8.32. The summed E-state index contributed by atoms with van der Waals surface area (Å²) >= 11 is 0. The minimum atomic E-state index is -0.153. The summed E-state index contributed by atoms with van der Waals surface area (Å²) in [5.41, 5.74) is 3.34. The molecule has 0 aliphatic heterocycles. The summed E-state index contributed by atoms with van der Waals surface area (Å²) in [4.78, 5) is 18.5. The van der Waals surface area contributed by atoms with Gasteiger partial charge in [-0.1, -0.05) is 12.1 Å². The van der Waals surface area contributed by atoms with Crippen LogP contribution >= 0.6 is 0 Å². The number of aromatic nitrogens is 1. The highest BCUT2D eigenvalue weighted by atomic mass is 16.5. The Labute approximate surface area is 153 Å². The lowest BCUT2D eigenvalue weighted by Gasteiger charge is -2.13. The van der Waals surface area contributed by atoms with Gasteiger partial charge in [-0.2, -0.15) is 0 Å². The van der Waals surface area contributed by atoms with Gasteiger partial charge >= 0.3 is 0 Å². The predicted octanol–water partition coefficient (Wildman–Crippen LogP) is 3.98. The number of pyridine rings is 1. The van der Waals surface area contributed by atoms with Crippen molar-refractivity contribution in [3.8, 4) is 5.75 Å². The molecule has 0 unspecified atom stereocenters. The van der Waals surface area contributed by atoms with E-state index in [9.17, 15) is 4.79 Å². The van der Waals surface area contributed by atoms with E-state index in [1.54, 1.807) is 12.4 Å². The molecule has 0 saturated carbocycles. The zero-order valence-electron chi connectivity index (χ0n) is 14.8. The molecule has 0 atom stereocenters. The highest BCUT2D eigenvalue weighted by molar-refractivity contribution is 6.04. The van der Waals surface area contributed by atoms with Crippen LogP contribution in [0.2, 0.25) is 0 Å². The highest BCUT2D eigenvalue weighted by Crippen LogP contribution is 2.20. The molecular formula is C21H21N3O2. The van der Waals surface area contributed by atoms with Crippen LogP contribution in [0.3, 0.4) is 0 Å². The van der Waals surface area contributed by atoms with Crippen molar-refractivity contribution in [2.24, 2.45) is 0 Å². The lowest BCUT2D eigenvalue weighted by molar-refractivity contribution is 0.102. The predicted molar refractivity (Wildman–Crippen MR) is 104 cm³/mol. The van der Waals surface area contributed by atoms with Crippen LogP contribution < -0.4 is 15.0 Å². The van der Waals surface area contributed by atoms with Crippen LogP contribution in [-0.2, 0) is 6.61 Å². The largest absolute Gasteiger partial charge is 0.489 e. The number of hydrogen-bond acceptors (Lipinski definition) is 4. The summed E-state index contributed by atoms with van der Waals surface area (Å²) in [6, 6.07) is 18.6. The van der Waals surface area contributed by atoms with Crippen molar-refractivity contribution in [3.63, 3.8) is 0 Å². The molecular weight excluding hydrogens is 326 g/mol. The number of nitrogens with one attached hydrogen (secondary N) is 1. The molecule has 3 rings (SSSR count). The third kappa shape index (κ3) is 4.60. The molecule has 0 radical (unpaired) electrons. The van der Waals surface area contributed by atoms with E-state index in [4.69, 9.17) is 4.74 Å². The van der Waals surface area contributed by atoms with Gasteiger partial charge in [-0.05, 0) is 42.5 Å². The minimum Gasteiger partial charge on any atom is -0.489 e. The topological polar surface area (TPSA) is 54.5 Å². The Morgan fingerprint density at radius 1 is 1.08 bits per heavy atom. The first-order chi connectivity index (χ1) is 12.6. The summed E-state index contributed by atoms with van der Waals surface area (Å²) in [6.45, 7) is 0.428. The van der Waals surface area contributed by atoms with E-state index < -0.39 is 0 Å². The van der Waals surface area contributed by atoms with Crippen molar-refractivity contribution < 1.29 is 9.53 Å². The van der Waals surface area contributed by atoms with Crippen LogP contribution in [0.15, 0.2) is 73.1 Å². The van der Waals surface area contributed by atoms with Gasteiger partial charge in [0.05, 0.1) is 0 Å². The fourth-order valence-electron chi connectivity index (χ4n) is 2.43. The van der Waals surface area contributed by atoms with Gasteiger partial charge in [-0.25, -0.2) is 0 Å². The number of anilines is 2. The highest BCUT2D eigenvalue weighted by Gasteiger charge is 2.07.